The van der Waals surface area contributed by atoms with Crippen molar-refractivity contribution < 1.29 is 29.0 Å². The number of hydrogen-bond donors (Lipinski definition) is 1. The van der Waals surface area contributed by atoms with E-state index in [0.29, 0.717) is 19.3 Å². The van der Waals surface area contributed by atoms with E-state index in [1.165, 1.54) is 0 Å². The molecule has 6 atom stereocenters. The van der Waals surface area contributed by atoms with E-state index in [0.717, 1.165) is 16.8 Å². The highest BCUT2D eigenvalue weighted by Crippen LogP contribution is 2.59. The third kappa shape index (κ3) is 4.38. The summed E-state index contributed by atoms with van der Waals surface area (Å²) in [6, 6.07) is 4.31. The Morgan fingerprint density at radius 1 is 1.32 bits per heavy atom. The highest BCUT2D eigenvalue weighted by molar-refractivity contribution is 6.05. The number of rotatable bonds is 10. The molecular formula is C29H40N2O6. The molecule has 1 spiro atoms. The number of ether oxygens (including phenoxy) is 2. The van der Waals surface area contributed by atoms with Crippen LogP contribution in [0.1, 0.15) is 51.2 Å². The van der Waals surface area contributed by atoms with Crippen LogP contribution < -0.4 is 4.90 Å². The zero-order valence-electron chi connectivity index (χ0n) is 22.6. The third-order valence-electron chi connectivity index (χ3n) is 8.17. The molecule has 0 saturated carbocycles. The number of likely N-dealkylation sites (tertiary alicyclic amines) is 1. The Morgan fingerprint density at radius 3 is 2.57 bits per heavy atom. The van der Waals surface area contributed by atoms with Crippen molar-refractivity contribution in [2.24, 2.45) is 17.8 Å². The Bertz CT molecular complexity index is 1050. The van der Waals surface area contributed by atoms with Crippen molar-refractivity contribution in [3.05, 3.63) is 42.0 Å². The first-order valence-electron chi connectivity index (χ1n) is 13.4. The average molecular weight is 513 g/mol. The summed E-state index contributed by atoms with van der Waals surface area (Å²) < 4.78 is 11.9. The van der Waals surface area contributed by atoms with Gasteiger partial charge in [0.05, 0.1) is 37.2 Å². The lowest BCUT2D eigenvalue weighted by Gasteiger charge is -2.40. The van der Waals surface area contributed by atoms with Crippen LogP contribution in [0.5, 0.6) is 0 Å². The van der Waals surface area contributed by atoms with Crippen LogP contribution in [0, 0.1) is 31.6 Å². The van der Waals surface area contributed by atoms with E-state index in [1.54, 1.807) is 22.8 Å². The molecule has 4 rings (SSSR count). The first-order chi connectivity index (χ1) is 17.6. The van der Waals surface area contributed by atoms with Gasteiger partial charge in [-0.1, -0.05) is 38.1 Å². The van der Waals surface area contributed by atoms with E-state index in [4.69, 9.17) is 9.47 Å². The molecule has 8 heteroatoms. The number of fused-ring (bicyclic) bond motifs is 1. The molecule has 0 aromatic heterocycles. The second kappa shape index (κ2) is 10.6. The Kier molecular flexibility index (Phi) is 7.81. The highest BCUT2D eigenvalue weighted by atomic mass is 16.6. The zero-order valence-corrected chi connectivity index (χ0v) is 22.6. The summed E-state index contributed by atoms with van der Waals surface area (Å²) in [6.45, 7) is 13.7. The number of para-hydroxylation sites is 1. The van der Waals surface area contributed by atoms with Gasteiger partial charge in [0.25, 0.3) is 5.91 Å². The fourth-order valence-corrected chi connectivity index (χ4v) is 6.89. The van der Waals surface area contributed by atoms with Gasteiger partial charge >= 0.3 is 5.97 Å². The smallest absolute Gasteiger partial charge is 0.312 e. The van der Waals surface area contributed by atoms with Crippen molar-refractivity contribution in [1.29, 1.82) is 0 Å². The first kappa shape index (κ1) is 27.3. The number of carbonyl (C=O) groups excluding carboxylic acids is 3. The maximum atomic E-state index is 14.6. The van der Waals surface area contributed by atoms with Gasteiger partial charge in [0.2, 0.25) is 5.91 Å². The van der Waals surface area contributed by atoms with Crippen molar-refractivity contribution in [3.8, 4) is 0 Å². The van der Waals surface area contributed by atoms with Gasteiger partial charge in [-0.05, 0) is 57.1 Å². The van der Waals surface area contributed by atoms with Crippen LogP contribution in [0.15, 0.2) is 30.9 Å². The van der Waals surface area contributed by atoms with Crippen molar-refractivity contribution in [3.63, 3.8) is 0 Å². The second-order valence-electron chi connectivity index (χ2n) is 11.0. The number of carbonyl (C=O) groups is 3. The minimum atomic E-state index is -1.14. The molecule has 3 fully saturated rings. The van der Waals surface area contributed by atoms with Crippen LogP contribution in [0.25, 0.3) is 0 Å². The Hall–Kier alpha value is -2.71. The largest absolute Gasteiger partial charge is 0.466 e. The number of anilines is 1. The molecule has 1 N–H and O–H groups in total. The van der Waals surface area contributed by atoms with Crippen molar-refractivity contribution in [1.82, 2.24) is 4.90 Å². The van der Waals surface area contributed by atoms with Gasteiger partial charge in [0.1, 0.15) is 11.6 Å². The van der Waals surface area contributed by atoms with Gasteiger partial charge in [-0.3, -0.25) is 14.4 Å². The van der Waals surface area contributed by atoms with Crippen LogP contribution in [0.2, 0.25) is 0 Å². The monoisotopic (exact) mass is 512 g/mol. The summed E-state index contributed by atoms with van der Waals surface area (Å²) >= 11 is 0. The normalized spacial score (nSPS) is 28.9. The van der Waals surface area contributed by atoms with E-state index in [2.05, 4.69) is 6.58 Å². The van der Waals surface area contributed by atoms with Crippen molar-refractivity contribution >= 4 is 23.5 Å². The third-order valence-corrected chi connectivity index (χ3v) is 8.17. The quantitative estimate of drug-likeness (QED) is 0.382. The summed E-state index contributed by atoms with van der Waals surface area (Å²) in [5, 5.41) is 10.4. The molecule has 0 radical (unpaired) electrons. The number of nitrogens with zero attached hydrogens (tertiary/aromatic N) is 2. The lowest BCUT2D eigenvalue weighted by atomic mass is 9.70. The van der Waals surface area contributed by atoms with Gasteiger partial charge < -0.3 is 24.4 Å². The molecule has 3 aliphatic heterocycles. The number of aryl methyl sites for hydroxylation is 2. The van der Waals surface area contributed by atoms with Gasteiger partial charge in [0, 0.05) is 12.2 Å². The molecule has 3 heterocycles. The maximum Gasteiger partial charge on any atom is 0.312 e. The Balaban J connectivity index is 1.86. The molecule has 1 aromatic rings. The Morgan fingerprint density at radius 2 is 2.00 bits per heavy atom. The van der Waals surface area contributed by atoms with Gasteiger partial charge in [0.15, 0.2) is 0 Å². The number of amides is 2. The molecule has 3 aliphatic rings. The van der Waals surface area contributed by atoms with Gasteiger partial charge in [-0.2, -0.15) is 0 Å². The summed E-state index contributed by atoms with van der Waals surface area (Å²) in [7, 11) is 0. The molecule has 0 aliphatic carbocycles. The summed E-state index contributed by atoms with van der Waals surface area (Å²) in [4.78, 5) is 45.1. The summed E-state index contributed by atoms with van der Waals surface area (Å²) in [6.07, 6.45) is 2.80. The van der Waals surface area contributed by atoms with Crippen molar-refractivity contribution in [2.75, 3.05) is 24.7 Å². The molecule has 3 saturated heterocycles. The predicted octanol–water partition coefficient (Wildman–Crippen LogP) is 3.17. The molecule has 0 unspecified atom stereocenters. The minimum Gasteiger partial charge on any atom is -0.466 e. The van der Waals surface area contributed by atoms with E-state index in [1.807, 2.05) is 45.9 Å². The van der Waals surface area contributed by atoms with Crippen LogP contribution in [0.4, 0.5) is 5.69 Å². The zero-order chi connectivity index (χ0) is 27.1. The SMILES string of the molecule is C=CCN(C(=O)[C@@H]1N([C@@H](CO)CC(C)C)C(=O)[C@H]2[C@H](C(=O)OCC)[C@@H]3CC[C@]12O3)c1c(C)cccc1C. The maximum absolute atomic E-state index is 14.6. The lowest BCUT2D eigenvalue weighted by molar-refractivity contribution is -0.155. The van der Waals surface area contributed by atoms with Crippen LogP contribution in [-0.2, 0) is 23.9 Å². The molecule has 1 aromatic carbocycles. The molecular weight excluding hydrogens is 472 g/mol. The van der Waals surface area contributed by atoms with Crippen LogP contribution in [-0.4, -0.2) is 71.3 Å². The predicted molar refractivity (Wildman–Crippen MR) is 140 cm³/mol. The average Bonchev–Trinajstić information content (AvgIpc) is 3.49. The minimum absolute atomic E-state index is 0.180. The molecule has 2 amide bonds. The second-order valence-corrected chi connectivity index (χ2v) is 11.0. The number of aliphatic hydroxyl groups excluding tert-OH is 1. The van der Waals surface area contributed by atoms with Gasteiger partial charge in [-0.25, -0.2) is 0 Å². The van der Waals surface area contributed by atoms with E-state index < -0.39 is 41.6 Å². The fraction of sp³-hybridized carbons (Fsp3) is 0.621. The molecule has 202 valence electrons. The number of aliphatic hydroxyl groups is 1. The number of benzene rings is 1. The molecule has 8 nitrogen and oxygen atoms in total. The van der Waals surface area contributed by atoms with Gasteiger partial charge in [-0.15, -0.1) is 6.58 Å². The summed E-state index contributed by atoms with van der Waals surface area (Å²) in [5.74, 6) is -2.43. The van der Waals surface area contributed by atoms with Crippen LogP contribution >= 0.6 is 0 Å². The molecule has 2 bridgehead atoms. The topological polar surface area (TPSA) is 96.4 Å². The Labute approximate surface area is 219 Å². The molecule has 37 heavy (non-hydrogen) atoms. The van der Waals surface area contributed by atoms with E-state index >= 15 is 0 Å². The van der Waals surface area contributed by atoms with E-state index in [9.17, 15) is 19.5 Å². The van der Waals surface area contributed by atoms with Crippen LogP contribution in [0.3, 0.4) is 0 Å². The number of esters is 1. The number of hydrogen-bond acceptors (Lipinski definition) is 6. The van der Waals surface area contributed by atoms with Crippen molar-refractivity contribution in [2.45, 2.75) is 77.7 Å². The standard InChI is InChI=1S/C29H40N2O6/c1-7-14-30(24-18(5)10-9-11-19(24)6)27(34)25-29-13-12-21(37-29)22(28(35)36-8-2)23(29)26(33)31(25)20(16-32)15-17(3)4/h7,9-11,17,20-23,25,32H,1,8,12-16H2,2-6H3/t20-,21+,22-,23-,25+,29-/m1/s1. The highest BCUT2D eigenvalue weighted by Gasteiger charge is 2.75. The first-order valence-corrected chi connectivity index (χ1v) is 13.4. The van der Waals surface area contributed by atoms with E-state index in [-0.39, 0.29) is 37.5 Å². The lowest BCUT2D eigenvalue weighted by Crippen LogP contribution is -2.59. The summed E-state index contributed by atoms with van der Waals surface area (Å²) in [5.41, 5.74) is 1.50. The fourth-order valence-electron chi connectivity index (χ4n) is 6.89.